The Balaban J connectivity index is 1.23. The second-order valence-electron chi connectivity index (χ2n) is 13.9. The summed E-state index contributed by atoms with van der Waals surface area (Å²) in [4.78, 5) is 25.7. The van der Waals surface area contributed by atoms with Crippen LogP contribution in [0.2, 0.25) is 0 Å². The number of fused-ring (bicyclic) bond motifs is 1. The van der Waals surface area contributed by atoms with Crippen LogP contribution >= 0.6 is 0 Å². The number of carbonyl (C=O) groups is 1. The Kier molecular flexibility index (Phi) is 11.1. The fourth-order valence-corrected chi connectivity index (χ4v) is 7.29. The maximum Gasteiger partial charge on any atom is 0.212 e. The predicted molar refractivity (Wildman–Crippen MR) is 206 cm³/mol. The highest BCUT2D eigenvalue weighted by Gasteiger charge is 2.29. The Labute approximate surface area is 297 Å². The lowest BCUT2D eigenvalue weighted by atomic mass is 9.88. The number of nitrogens with one attached hydrogen (secondary N) is 2. The molecule has 6 rings (SSSR count). The van der Waals surface area contributed by atoms with Gasteiger partial charge in [-0.3, -0.25) is 9.69 Å². The molecule has 2 aromatic carbocycles. The third kappa shape index (κ3) is 7.98. The molecule has 1 atom stereocenters. The number of aryl methyl sites for hydroxylation is 2. The molecular weight excluding hydrogens is 619 g/mol. The number of nitrogens with zero attached hydrogens (tertiary/aromatic N) is 5. The van der Waals surface area contributed by atoms with Crippen LogP contribution in [-0.4, -0.2) is 51.4 Å². The van der Waals surface area contributed by atoms with Crippen LogP contribution in [-0.2, 0) is 11.3 Å². The normalized spacial score (nSPS) is 16.8. The van der Waals surface area contributed by atoms with Crippen molar-refractivity contribution in [2.45, 2.75) is 84.5 Å². The van der Waals surface area contributed by atoms with Crippen LogP contribution in [0.5, 0.6) is 0 Å². The molecule has 0 bridgehead atoms. The highest BCUT2D eigenvalue weighted by molar-refractivity contribution is 5.87. The molecule has 0 spiro atoms. The number of imidazole rings is 1. The van der Waals surface area contributed by atoms with E-state index in [0.717, 1.165) is 84.6 Å². The lowest BCUT2D eigenvalue weighted by Crippen LogP contribution is -2.41. The summed E-state index contributed by atoms with van der Waals surface area (Å²) in [6.45, 7) is 15.1. The zero-order valence-electron chi connectivity index (χ0n) is 30.2. The van der Waals surface area contributed by atoms with Gasteiger partial charge < -0.3 is 19.9 Å². The van der Waals surface area contributed by atoms with Crippen LogP contribution in [0.1, 0.15) is 79.9 Å². The molecule has 1 aliphatic carbocycles. The van der Waals surface area contributed by atoms with Crippen LogP contribution in [0.3, 0.4) is 0 Å². The van der Waals surface area contributed by atoms with E-state index in [-0.39, 0.29) is 6.04 Å². The molecule has 5 aromatic rings. The van der Waals surface area contributed by atoms with Gasteiger partial charge in [-0.15, -0.1) is 0 Å². The summed E-state index contributed by atoms with van der Waals surface area (Å²) in [6, 6.07) is 25.0. The molecule has 1 aliphatic rings. The van der Waals surface area contributed by atoms with Crippen LogP contribution < -0.4 is 15.5 Å². The summed E-state index contributed by atoms with van der Waals surface area (Å²) in [6.07, 6.45) is 11.9. The molecule has 8 heteroatoms. The van der Waals surface area contributed by atoms with Crippen LogP contribution in [0.15, 0.2) is 91.9 Å². The number of anilines is 2. The summed E-state index contributed by atoms with van der Waals surface area (Å²) >= 11 is 0. The van der Waals surface area contributed by atoms with E-state index in [1.165, 1.54) is 16.7 Å². The maximum atomic E-state index is 11.6. The third-order valence-electron chi connectivity index (χ3n) is 10.2. The predicted octanol–water partition coefficient (Wildman–Crippen LogP) is 8.56. The molecule has 260 valence electrons. The lowest BCUT2D eigenvalue weighted by molar-refractivity contribution is -0.105. The third-order valence-corrected chi connectivity index (χ3v) is 10.2. The second kappa shape index (κ2) is 15.8. The van der Waals surface area contributed by atoms with E-state index in [0.29, 0.717) is 24.3 Å². The number of carbonyl (C=O) groups excluding carboxylic acids is 1. The molecule has 2 N–H and O–H groups in total. The fourth-order valence-electron chi connectivity index (χ4n) is 7.29. The minimum atomic E-state index is 0.232. The van der Waals surface area contributed by atoms with Gasteiger partial charge in [-0.25, -0.2) is 9.97 Å². The number of rotatable bonds is 14. The molecule has 1 fully saturated rings. The highest BCUT2D eigenvalue weighted by atomic mass is 16.1. The monoisotopic (exact) mass is 669 g/mol. The van der Waals surface area contributed by atoms with E-state index in [9.17, 15) is 4.79 Å². The van der Waals surface area contributed by atoms with Crippen molar-refractivity contribution >= 4 is 29.3 Å². The topological polar surface area (TPSA) is 77.8 Å². The van der Waals surface area contributed by atoms with Crippen molar-refractivity contribution in [1.29, 1.82) is 0 Å². The van der Waals surface area contributed by atoms with E-state index in [4.69, 9.17) is 4.98 Å². The minimum absolute atomic E-state index is 0.232. The molecule has 3 aromatic heterocycles. The van der Waals surface area contributed by atoms with Crippen molar-refractivity contribution in [2.24, 2.45) is 0 Å². The highest BCUT2D eigenvalue weighted by Crippen LogP contribution is 2.38. The molecule has 1 saturated carbocycles. The van der Waals surface area contributed by atoms with Crippen molar-refractivity contribution < 1.29 is 4.79 Å². The van der Waals surface area contributed by atoms with Gasteiger partial charge >= 0.3 is 0 Å². The SMILES string of the molecule is C=C(c1cc(C)cnc1NC=O)N(c1cccc(-c2ccc(C(C)N(C)CCC)cc2)c1)C1CCC(NCc2cn3cc(C)ccc3n2)CC1. The van der Waals surface area contributed by atoms with Crippen molar-refractivity contribution in [3.05, 3.63) is 120 Å². The van der Waals surface area contributed by atoms with Gasteiger partial charge in [0.15, 0.2) is 0 Å². The molecule has 50 heavy (non-hydrogen) atoms. The number of amides is 1. The second-order valence-corrected chi connectivity index (χ2v) is 13.9. The quantitative estimate of drug-likeness (QED) is 0.115. The van der Waals surface area contributed by atoms with Gasteiger partial charge in [-0.1, -0.05) is 56.0 Å². The van der Waals surface area contributed by atoms with E-state index in [2.05, 4.69) is 143 Å². The maximum absolute atomic E-state index is 11.6. The first-order chi connectivity index (χ1) is 24.2. The first-order valence-electron chi connectivity index (χ1n) is 18.0. The molecule has 1 amide bonds. The zero-order valence-corrected chi connectivity index (χ0v) is 30.2. The van der Waals surface area contributed by atoms with Gasteiger partial charge in [-0.05, 0) is 119 Å². The van der Waals surface area contributed by atoms with E-state index in [1.54, 1.807) is 6.20 Å². The average molecular weight is 670 g/mol. The molecular formula is C42H51N7O. The molecule has 0 saturated heterocycles. The van der Waals surface area contributed by atoms with Gasteiger partial charge in [0, 0.05) is 60.2 Å². The average Bonchev–Trinajstić information content (AvgIpc) is 3.54. The molecule has 0 radical (unpaired) electrons. The first-order valence-corrected chi connectivity index (χ1v) is 18.0. The largest absolute Gasteiger partial charge is 0.338 e. The van der Waals surface area contributed by atoms with Crippen molar-refractivity contribution in [1.82, 2.24) is 24.6 Å². The first kappa shape index (κ1) is 35.1. The summed E-state index contributed by atoms with van der Waals surface area (Å²) in [7, 11) is 2.19. The van der Waals surface area contributed by atoms with Gasteiger partial charge in [0.05, 0.1) is 5.69 Å². The summed E-state index contributed by atoms with van der Waals surface area (Å²) < 4.78 is 2.11. The Morgan fingerprint density at radius 3 is 2.52 bits per heavy atom. The van der Waals surface area contributed by atoms with Crippen LogP contribution in [0, 0.1) is 13.8 Å². The standard InChI is InChI=1S/C42H51N7O/c1-7-21-47(6)31(4)33-12-14-34(15-13-33)35-9-8-10-39(23-35)49(32(5)40-22-30(3)24-44-42(40)45-28-50)38-18-16-36(17-19-38)43-25-37-27-48-26-29(2)11-20-41(48)46-37/h8-15,20,22-24,26-28,31,36,38,43H,5,7,16-19,21,25H2,1-4,6H3,(H,44,45,50). The number of hydrogen-bond donors (Lipinski definition) is 2. The number of hydrogen-bond acceptors (Lipinski definition) is 6. The number of pyridine rings is 2. The molecule has 1 unspecified atom stereocenters. The van der Waals surface area contributed by atoms with Gasteiger partial charge in [0.1, 0.15) is 11.5 Å². The Bertz CT molecular complexity index is 1920. The smallest absolute Gasteiger partial charge is 0.212 e. The van der Waals surface area contributed by atoms with Crippen molar-refractivity contribution in [3.63, 3.8) is 0 Å². The minimum Gasteiger partial charge on any atom is -0.338 e. The van der Waals surface area contributed by atoms with Gasteiger partial charge in [0.2, 0.25) is 6.41 Å². The van der Waals surface area contributed by atoms with E-state index in [1.807, 2.05) is 6.92 Å². The Morgan fingerprint density at radius 2 is 1.78 bits per heavy atom. The lowest BCUT2D eigenvalue weighted by Gasteiger charge is -2.40. The van der Waals surface area contributed by atoms with E-state index >= 15 is 0 Å². The number of aromatic nitrogens is 3. The summed E-state index contributed by atoms with van der Waals surface area (Å²) in [5.41, 5.74) is 10.7. The van der Waals surface area contributed by atoms with Crippen LogP contribution in [0.25, 0.3) is 22.5 Å². The Hall–Kier alpha value is -4.79. The summed E-state index contributed by atoms with van der Waals surface area (Å²) in [5, 5.41) is 6.60. The van der Waals surface area contributed by atoms with Gasteiger partial charge in [-0.2, -0.15) is 0 Å². The fraction of sp³-hybridized carbons (Fsp3) is 0.357. The zero-order chi connectivity index (χ0) is 35.2. The van der Waals surface area contributed by atoms with E-state index < -0.39 is 0 Å². The van der Waals surface area contributed by atoms with Gasteiger partial charge in [0.25, 0.3) is 0 Å². The summed E-state index contributed by atoms with van der Waals surface area (Å²) in [5.74, 6) is 0.521. The Morgan fingerprint density at radius 1 is 1.00 bits per heavy atom. The van der Waals surface area contributed by atoms with Crippen molar-refractivity contribution in [2.75, 3.05) is 23.8 Å². The molecule has 3 heterocycles. The molecule has 0 aliphatic heterocycles. The van der Waals surface area contributed by atoms with Crippen molar-refractivity contribution in [3.8, 4) is 11.1 Å². The number of benzene rings is 2. The van der Waals surface area contributed by atoms with Crippen LogP contribution in [0.4, 0.5) is 11.5 Å². The molecule has 8 nitrogen and oxygen atoms in total.